The van der Waals surface area contributed by atoms with Crippen LogP contribution >= 0.6 is 11.3 Å². The zero-order valence-electron chi connectivity index (χ0n) is 17.3. The molecule has 0 radical (unpaired) electrons. The normalized spacial score (nSPS) is 16.2. The second kappa shape index (κ2) is 8.91. The number of benzene rings is 1. The number of carbonyl (C=O) groups excluding carboxylic acids is 2. The average Bonchev–Trinajstić information content (AvgIpc) is 3.15. The van der Waals surface area contributed by atoms with Crippen LogP contribution in [0.25, 0.3) is 0 Å². The number of amides is 2. The van der Waals surface area contributed by atoms with Gasteiger partial charge in [-0.15, -0.1) is 11.3 Å². The van der Waals surface area contributed by atoms with Gasteiger partial charge in [0.2, 0.25) is 11.8 Å². The molecule has 150 valence electrons. The molecule has 2 heterocycles. The number of carbonyl (C=O) groups is 2. The maximum absolute atomic E-state index is 13.3. The Bertz CT molecular complexity index is 825. The molecule has 5 heteroatoms. The molecule has 2 amide bonds. The molecule has 0 saturated carbocycles. The molecule has 28 heavy (non-hydrogen) atoms. The van der Waals surface area contributed by atoms with E-state index in [9.17, 15) is 9.59 Å². The topological polar surface area (TPSA) is 40.6 Å². The Kier molecular flexibility index (Phi) is 6.55. The summed E-state index contributed by atoms with van der Waals surface area (Å²) in [6, 6.07) is 10.5. The van der Waals surface area contributed by atoms with Gasteiger partial charge in [0, 0.05) is 23.9 Å². The third kappa shape index (κ3) is 4.30. The molecule has 0 spiro atoms. The van der Waals surface area contributed by atoms with E-state index in [1.54, 1.807) is 16.2 Å². The van der Waals surface area contributed by atoms with Crippen LogP contribution in [0.15, 0.2) is 35.7 Å². The maximum Gasteiger partial charge on any atom is 0.242 e. The molecule has 0 saturated heterocycles. The first kappa shape index (κ1) is 20.6. The fourth-order valence-corrected chi connectivity index (χ4v) is 4.75. The summed E-state index contributed by atoms with van der Waals surface area (Å²) in [5, 5.41) is 2.12. The van der Waals surface area contributed by atoms with Gasteiger partial charge in [0.25, 0.3) is 0 Å². The summed E-state index contributed by atoms with van der Waals surface area (Å²) in [4.78, 5) is 30.9. The molecular formula is C23H30N2O2S. The highest BCUT2D eigenvalue weighted by Gasteiger charge is 2.34. The summed E-state index contributed by atoms with van der Waals surface area (Å²) < 4.78 is 0. The second-order valence-electron chi connectivity index (χ2n) is 7.86. The van der Waals surface area contributed by atoms with Gasteiger partial charge in [-0.1, -0.05) is 50.6 Å². The SMILES string of the molecule is CCCN(CC(=O)N1CCc2sccc2C1c1ccc(C)cc1)C(=O)C(C)C. The van der Waals surface area contributed by atoms with E-state index in [0.717, 1.165) is 18.4 Å². The van der Waals surface area contributed by atoms with Crippen LogP contribution < -0.4 is 0 Å². The number of hydrogen-bond donors (Lipinski definition) is 0. The van der Waals surface area contributed by atoms with Crippen LogP contribution in [-0.4, -0.2) is 41.2 Å². The lowest BCUT2D eigenvalue weighted by Gasteiger charge is -2.38. The minimum Gasteiger partial charge on any atom is -0.333 e. The van der Waals surface area contributed by atoms with Crippen molar-refractivity contribution < 1.29 is 9.59 Å². The average molecular weight is 399 g/mol. The van der Waals surface area contributed by atoms with Crippen molar-refractivity contribution in [2.45, 2.75) is 46.6 Å². The quantitative estimate of drug-likeness (QED) is 0.722. The standard InChI is InChI=1S/C23H30N2O2S/c1-5-12-24(23(27)16(2)3)15-21(26)25-13-10-20-19(11-14-28-20)22(25)18-8-6-17(4)7-9-18/h6-9,11,14,16,22H,5,10,12-13,15H2,1-4H3. The van der Waals surface area contributed by atoms with Crippen molar-refractivity contribution in [2.75, 3.05) is 19.6 Å². The summed E-state index contributed by atoms with van der Waals surface area (Å²) in [6.45, 7) is 9.37. The minimum absolute atomic E-state index is 0.0323. The van der Waals surface area contributed by atoms with Crippen molar-refractivity contribution in [2.24, 2.45) is 5.92 Å². The van der Waals surface area contributed by atoms with Crippen LogP contribution in [0.2, 0.25) is 0 Å². The van der Waals surface area contributed by atoms with Crippen molar-refractivity contribution >= 4 is 23.2 Å². The summed E-state index contributed by atoms with van der Waals surface area (Å²) in [7, 11) is 0. The molecule has 1 atom stereocenters. The first-order valence-electron chi connectivity index (χ1n) is 10.1. The molecule has 0 N–H and O–H groups in total. The van der Waals surface area contributed by atoms with E-state index >= 15 is 0 Å². The minimum atomic E-state index is -0.0999. The Morgan fingerprint density at radius 1 is 1.21 bits per heavy atom. The number of aryl methyl sites for hydroxylation is 1. The van der Waals surface area contributed by atoms with Gasteiger partial charge in [-0.25, -0.2) is 0 Å². The van der Waals surface area contributed by atoms with Crippen molar-refractivity contribution in [3.05, 3.63) is 57.3 Å². The highest BCUT2D eigenvalue weighted by atomic mass is 32.1. The number of hydrogen-bond acceptors (Lipinski definition) is 3. The Labute approximate surface area is 172 Å². The van der Waals surface area contributed by atoms with Crippen molar-refractivity contribution in [1.82, 2.24) is 9.80 Å². The van der Waals surface area contributed by atoms with Crippen LogP contribution in [0, 0.1) is 12.8 Å². The molecule has 1 aromatic heterocycles. The third-order valence-electron chi connectivity index (χ3n) is 5.30. The summed E-state index contributed by atoms with van der Waals surface area (Å²) >= 11 is 1.77. The van der Waals surface area contributed by atoms with Crippen molar-refractivity contribution in [3.63, 3.8) is 0 Å². The fourth-order valence-electron chi connectivity index (χ4n) is 3.85. The van der Waals surface area contributed by atoms with E-state index < -0.39 is 0 Å². The predicted octanol–water partition coefficient (Wildman–Crippen LogP) is 4.43. The number of fused-ring (bicyclic) bond motifs is 1. The van der Waals surface area contributed by atoms with Gasteiger partial charge in [-0.2, -0.15) is 0 Å². The van der Waals surface area contributed by atoms with E-state index in [1.165, 1.54) is 16.0 Å². The summed E-state index contributed by atoms with van der Waals surface area (Å²) in [6.07, 6.45) is 1.73. The fraction of sp³-hybridized carbons (Fsp3) is 0.478. The highest BCUT2D eigenvalue weighted by molar-refractivity contribution is 7.10. The van der Waals surface area contributed by atoms with E-state index in [2.05, 4.69) is 42.6 Å². The molecule has 1 aliphatic heterocycles. The predicted molar refractivity (Wildman–Crippen MR) is 114 cm³/mol. The highest BCUT2D eigenvalue weighted by Crippen LogP contribution is 2.38. The van der Waals surface area contributed by atoms with Crippen LogP contribution in [0.5, 0.6) is 0 Å². The molecule has 4 nitrogen and oxygen atoms in total. The van der Waals surface area contributed by atoms with Crippen LogP contribution in [0.3, 0.4) is 0 Å². The van der Waals surface area contributed by atoms with Gasteiger partial charge in [0.1, 0.15) is 0 Å². The van der Waals surface area contributed by atoms with Gasteiger partial charge < -0.3 is 9.80 Å². The van der Waals surface area contributed by atoms with Crippen LogP contribution in [0.4, 0.5) is 0 Å². The van der Waals surface area contributed by atoms with Crippen LogP contribution in [-0.2, 0) is 16.0 Å². The van der Waals surface area contributed by atoms with Crippen LogP contribution in [0.1, 0.15) is 54.8 Å². The van der Waals surface area contributed by atoms with Crippen molar-refractivity contribution in [3.8, 4) is 0 Å². The Balaban J connectivity index is 1.89. The zero-order chi connectivity index (χ0) is 20.3. The summed E-state index contributed by atoms with van der Waals surface area (Å²) in [5.74, 6) is -0.0164. The monoisotopic (exact) mass is 398 g/mol. The first-order chi connectivity index (χ1) is 13.4. The van der Waals surface area contributed by atoms with Gasteiger partial charge in [-0.3, -0.25) is 9.59 Å². The molecular weight excluding hydrogens is 368 g/mol. The lowest BCUT2D eigenvalue weighted by molar-refractivity contribution is -0.143. The molecule has 2 aromatic rings. The van der Waals surface area contributed by atoms with E-state index in [4.69, 9.17) is 0 Å². The van der Waals surface area contributed by atoms with E-state index in [1.807, 2.05) is 25.7 Å². The van der Waals surface area contributed by atoms with Gasteiger partial charge in [0.15, 0.2) is 0 Å². The smallest absolute Gasteiger partial charge is 0.242 e. The Hall–Kier alpha value is -2.14. The zero-order valence-corrected chi connectivity index (χ0v) is 18.1. The van der Waals surface area contributed by atoms with Gasteiger partial charge in [0.05, 0.1) is 12.6 Å². The lowest BCUT2D eigenvalue weighted by atomic mass is 9.92. The molecule has 3 rings (SSSR count). The third-order valence-corrected chi connectivity index (χ3v) is 6.30. The Morgan fingerprint density at radius 3 is 2.57 bits per heavy atom. The maximum atomic E-state index is 13.3. The first-order valence-corrected chi connectivity index (χ1v) is 11.0. The molecule has 1 aliphatic rings. The second-order valence-corrected chi connectivity index (χ2v) is 8.86. The van der Waals surface area contributed by atoms with Gasteiger partial charge >= 0.3 is 0 Å². The molecule has 0 aliphatic carbocycles. The molecule has 0 bridgehead atoms. The van der Waals surface area contributed by atoms with Gasteiger partial charge in [-0.05, 0) is 42.3 Å². The van der Waals surface area contributed by atoms with Crippen molar-refractivity contribution in [1.29, 1.82) is 0 Å². The lowest BCUT2D eigenvalue weighted by Crippen LogP contribution is -2.47. The summed E-state index contributed by atoms with van der Waals surface area (Å²) in [5.41, 5.74) is 3.57. The molecule has 0 fully saturated rings. The molecule has 1 unspecified atom stereocenters. The largest absolute Gasteiger partial charge is 0.333 e. The number of thiophene rings is 1. The number of rotatable bonds is 6. The molecule has 1 aromatic carbocycles. The van der Waals surface area contributed by atoms with E-state index in [0.29, 0.717) is 13.1 Å². The van der Waals surface area contributed by atoms with E-state index in [-0.39, 0.29) is 30.3 Å². The Morgan fingerprint density at radius 2 is 1.93 bits per heavy atom. The number of nitrogens with zero attached hydrogens (tertiary/aromatic N) is 2.